The van der Waals surface area contributed by atoms with Crippen molar-refractivity contribution in [3.05, 3.63) is 29.3 Å². The summed E-state index contributed by atoms with van der Waals surface area (Å²) in [5.41, 5.74) is 0.308. The molecular weight excluding hydrogens is 224 g/mol. The Morgan fingerprint density at radius 3 is 2.40 bits per heavy atom. The normalized spacial score (nSPS) is 11.1. The number of hydrogen-bond donors (Lipinski definition) is 2. The van der Waals surface area contributed by atoms with Crippen LogP contribution >= 0.6 is 0 Å². The van der Waals surface area contributed by atoms with Crippen LogP contribution in [0, 0.1) is 6.92 Å². The quantitative estimate of drug-likeness (QED) is 0.750. The highest BCUT2D eigenvalue weighted by atomic mass is 32.3. The van der Waals surface area contributed by atoms with Crippen molar-refractivity contribution in [3.63, 3.8) is 0 Å². The van der Waals surface area contributed by atoms with E-state index in [9.17, 15) is 13.2 Å². The van der Waals surface area contributed by atoms with Gasteiger partial charge in [0.25, 0.3) is 0 Å². The van der Waals surface area contributed by atoms with Gasteiger partial charge in [-0.05, 0) is 30.7 Å². The van der Waals surface area contributed by atoms with Crippen LogP contribution in [0.15, 0.2) is 18.2 Å². The fraction of sp³-hybridized carbons (Fsp3) is 0.125. The number of hydrogen-bond acceptors (Lipinski definition) is 4. The largest absolute Gasteiger partial charge is 0.478 e. The number of benzene rings is 1. The summed E-state index contributed by atoms with van der Waals surface area (Å²) in [4.78, 5) is 10.5. The van der Waals surface area contributed by atoms with Crippen LogP contribution in [-0.4, -0.2) is 24.0 Å². The molecule has 0 atom stereocenters. The van der Waals surface area contributed by atoms with Crippen molar-refractivity contribution in [2.75, 3.05) is 0 Å². The van der Waals surface area contributed by atoms with E-state index >= 15 is 0 Å². The van der Waals surface area contributed by atoms with Crippen LogP contribution in [0.1, 0.15) is 15.9 Å². The summed E-state index contributed by atoms with van der Waals surface area (Å²) in [6.07, 6.45) is 0. The molecule has 0 heterocycles. The van der Waals surface area contributed by atoms with Crippen molar-refractivity contribution >= 4 is 16.4 Å². The van der Waals surface area contributed by atoms with E-state index in [0.29, 0.717) is 5.56 Å². The summed E-state index contributed by atoms with van der Waals surface area (Å²) in [5.74, 6) is -1.24. The van der Waals surface area contributed by atoms with E-state index in [2.05, 4.69) is 4.18 Å². The van der Waals surface area contributed by atoms with Gasteiger partial charge in [0.2, 0.25) is 0 Å². The molecule has 0 fully saturated rings. The van der Waals surface area contributed by atoms with E-state index in [0.717, 1.165) is 6.07 Å². The standard InChI is InChI=1S/C8H8O6S/c1-5-4-6(8(9)10)2-3-7(5)14-15(11,12)13/h2-4H,1H3,(H,9,10)(H,11,12,13). The molecule has 0 aromatic heterocycles. The maximum absolute atomic E-state index is 10.5. The molecule has 0 saturated carbocycles. The SMILES string of the molecule is Cc1cc(C(=O)O)ccc1OS(=O)(=O)O. The van der Waals surface area contributed by atoms with Crippen LogP contribution in [0.2, 0.25) is 0 Å². The predicted octanol–water partition coefficient (Wildman–Crippen LogP) is 0.875. The maximum Gasteiger partial charge on any atom is 0.446 e. The van der Waals surface area contributed by atoms with E-state index < -0.39 is 16.4 Å². The zero-order chi connectivity index (χ0) is 11.6. The molecule has 15 heavy (non-hydrogen) atoms. The third-order valence-corrected chi connectivity index (χ3v) is 2.01. The van der Waals surface area contributed by atoms with Gasteiger partial charge in [0.15, 0.2) is 0 Å². The Bertz CT molecular complexity index is 490. The molecule has 0 aliphatic carbocycles. The molecular formula is C8H8O6S. The fourth-order valence-electron chi connectivity index (χ4n) is 0.989. The first kappa shape index (κ1) is 11.5. The molecule has 0 aliphatic heterocycles. The fourth-order valence-corrected chi connectivity index (χ4v) is 1.40. The van der Waals surface area contributed by atoms with E-state index in [1.165, 1.54) is 19.1 Å². The van der Waals surface area contributed by atoms with Crippen LogP contribution in [0.25, 0.3) is 0 Å². The van der Waals surface area contributed by atoms with Crippen LogP contribution in [0.5, 0.6) is 5.75 Å². The van der Waals surface area contributed by atoms with Crippen molar-refractivity contribution in [1.82, 2.24) is 0 Å². The van der Waals surface area contributed by atoms with Gasteiger partial charge in [-0.15, -0.1) is 0 Å². The summed E-state index contributed by atoms with van der Waals surface area (Å²) in [5, 5.41) is 8.62. The molecule has 1 aromatic rings. The Kier molecular flexibility index (Phi) is 2.96. The zero-order valence-electron chi connectivity index (χ0n) is 7.67. The van der Waals surface area contributed by atoms with Gasteiger partial charge in [0, 0.05) is 0 Å². The summed E-state index contributed by atoms with van der Waals surface area (Å²) >= 11 is 0. The summed E-state index contributed by atoms with van der Waals surface area (Å²) in [7, 11) is -4.58. The monoisotopic (exact) mass is 232 g/mol. The van der Waals surface area contributed by atoms with Gasteiger partial charge in [0.1, 0.15) is 5.75 Å². The molecule has 1 rings (SSSR count). The zero-order valence-corrected chi connectivity index (χ0v) is 8.48. The number of rotatable bonds is 3. The van der Waals surface area contributed by atoms with Gasteiger partial charge in [-0.2, -0.15) is 8.42 Å². The molecule has 0 aliphatic rings. The van der Waals surface area contributed by atoms with Gasteiger partial charge >= 0.3 is 16.4 Å². The number of carboxylic acids is 1. The highest BCUT2D eigenvalue weighted by Crippen LogP contribution is 2.20. The van der Waals surface area contributed by atoms with Crippen molar-refractivity contribution in [1.29, 1.82) is 0 Å². The average Bonchev–Trinajstić information content (AvgIpc) is 2.05. The van der Waals surface area contributed by atoms with E-state index in [1.807, 2.05) is 0 Å². The Hall–Kier alpha value is -1.60. The van der Waals surface area contributed by atoms with Crippen molar-refractivity contribution in [3.8, 4) is 5.75 Å². The lowest BCUT2D eigenvalue weighted by molar-refractivity contribution is 0.0697. The molecule has 7 heteroatoms. The molecule has 2 N–H and O–H groups in total. The van der Waals surface area contributed by atoms with E-state index in [1.54, 1.807) is 0 Å². The molecule has 1 aromatic carbocycles. The van der Waals surface area contributed by atoms with Gasteiger partial charge in [-0.25, -0.2) is 4.79 Å². The second kappa shape index (κ2) is 3.87. The lowest BCUT2D eigenvalue weighted by Gasteiger charge is -2.05. The van der Waals surface area contributed by atoms with Gasteiger partial charge in [-0.3, -0.25) is 4.55 Å². The third kappa shape index (κ3) is 3.22. The molecule has 0 saturated heterocycles. The Morgan fingerprint density at radius 1 is 1.40 bits per heavy atom. The van der Waals surface area contributed by atoms with Crippen molar-refractivity contribution in [2.45, 2.75) is 6.92 Å². The second-order valence-corrected chi connectivity index (χ2v) is 3.82. The Labute approximate surface area is 86.1 Å². The molecule has 0 amide bonds. The highest BCUT2D eigenvalue weighted by Gasteiger charge is 2.11. The lowest BCUT2D eigenvalue weighted by atomic mass is 10.1. The molecule has 0 unspecified atom stereocenters. The number of carbonyl (C=O) groups is 1. The third-order valence-electron chi connectivity index (χ3n) is 1.62. The second-order valence-electron chi connectivity index (χ2n) is 2.80. The van der Waals surface area contributed by atoms with E-state index in [-0.39, 0.29) is 11.3 Å². The van der Waals surface area contributed by atoms with Crippen LogP contribution in [-0.2, 0) is 10.4 Å². The van der Waals surface area contributed by atoms with Gasteiger partial charge < -0.3 is 9.29 Å². The van der Waals surface area contributed by atoms with Gasteiger partial charge in [-0.1, -0.05) is 0 Å². The first-order valence-corrected chi connectivity index (χ1v) is 5.17. The molecule has 6 nitrogen and oxygen atoms in total. The Morgan fingerprint density at radius 2 is 2.00 bits per heavy atom. The minimum atomic E-state index is -4.58. The molecule has 0 spiro atoms. The van der Waals surface area contributed by atoms with Crippen LogP contribution in [0.4, 0.5) is 0 Å². The average molecular weight is 232 g/mol. The first-order chi connectivity index (χ1) is 6.79. The van der Waals surface area contributed by atoms with Gasteiger partial charge in [0.05, 0.1) is 5.56 Å². The van der Waals surface area contributed by atoms with Crippen molar-refractivity contribution < 1.29 is 27.1 Å². The van der Waals surface area contributed by atoms with Crippen LogP contribution < -0.4 is 4.18 Å². The summed E-state index contributed by atoms with van der Waals surface area (Å²) < 4.78 is 33.4. The molecule has 0 bridgehead atoms. The maximum atomic E-state index is 10.5. The van der Waals surface area contributed by atoms with E-state index in [4.69, 9.17) is 9.66 Å². The topological polar surface area (TPSA) is 101 Å². The minimum Gasteiger partial charge on any atom is -0.478 e. The molecule has 0 radical (unpaired) electrons. The van der Waals surface area contributed by atoms with Crippen LogP contribution in [0.3, 0.4) is 0 Å². The highest BCUT2D eigenvalue weighted by molar-refractivity contribution is 7.81. The predicted molar refractivity (Wildman–Crippen MR) is 50.3 cm³/mol. The number of aryl methyl sites for hydroxylation is 1. The smallest absolute Gasteiger partial charge is 0.446 e. The van der Waals surface area contributed by atoms with Crippen molar-refractivity contribution in [2.24, 2.45) is 0 Å². The lowest BCUT2D eigenvalue weighted by Crippen LogP contribution is -2.08. The number of carboxylic acid groups (broad SMARTS) is 1. The number of aromatic carboxylic acids is 1. The summed E-state index contributed by atoms with van der Waals surface area (Å²) in [6, 6.07) is 3.57. The summed E-state index contributed by atoms with van der Waals surface area (Å²) in [6.45, 7) is 1.47. The Balaban J connectivity index is 3.09. The molecule has 82 valence electrons. The minimum absolute atomic E-state index is 0.00943. The first-order valence-electron chi connectivity index (χ1n) is 3.80.